The van der Waals surface area contributed by atoms with E-state index in [1.165, 1.54) is 43.4 Å². The molecule has 0 heterocycles. The molecule has 0 aromatic heterocycles. The number of ether oxygens (including phenoxy) is 3. The molecule has 0 radical (unpaired) electrons. The van der Waals surface area contributed by atoms with Crippen molar-refractivity contribution in [3.8, 4) is 17.2 Å². The van der Waals surface area contributed by atoms with Crippen molar-refractivity contribution in [3.05, 3.63) is 53.6 Å². The average Bonchev–Trinajstić information content (AvgIpc) is 2.60. The van der Waals surface area contributed by atoms with Crippen LogP contribution in [-0.4, -0.2) is 38.4 Å². The Labute approximate surface area is 148 Å². The summed E-state index contributed by atoms with van der Waals surface area (Å²) in [6.07, 6.45) is -4.74. The second kappa shape index (κ2) is 7.99. The summed E-state index contributed by atoms with van der Waals surface area (Å²) >= 11 is 0. The topological polar surface area (TPSA) is 48.0 Å². The molecule has 0 aliphatic carbocycles. The normalized spacial score (nSPS) is 11.0. The van der Waals surface area contributed by atoms with E-state index < -0.39 is 6.36 Å². The Morgan fingerprint density at radius 1 is 1.04 bits per heavy atom. The standard InChI is InChI=1S/C18H18F3NO4/c1-22(11-12-7-9-13(10-8-12)26-18(19,20)21)17(23)14-5-4-6-15(24-2)16(14)25-3/h4-10H,11H2,1-3H3. The van der Waals surface area contributed by atoms with Crippen molar-refractivity contribution in [2.24, 2.45) is 0 Å². The van der Waals surface area contributed by atoms with Gasteiger partial charge in [0.25, 0.3) is 5.91 Å². The Bertz CT molecular complexity index is 760. The van der Waals surface area contributed by atoms with Gasteiger partial charge in [-0.15, -0.1) is 13.2 Å². The molecule has 0 atom stereocenters. The van der Waals surface area contributed by atoms with Crippen LogP contribution in [0.15, 0.2) is 42.5 Å². The van der Waals surface area contributed by atoms with E-state index in [1.54, 1.807) is 25.2 Å². The van der Waals surface area contributed by atoms with Gasteiger partial charge in [-0.05, 0) is 29.8 Å². The zero-order chi connectivity index (χ0) is 19.3. The van der Waals surface area contributed by atoms with Crippen molar-refractivity contribution in [2.45, 2.75) is 12.9 Å². The van der Waals surface area contributed by atoms with Crippen LogP contribution in [0.25, 0.3) is 0 Å². The van der Waals surface area contributed by atoms with E-state index in [0.717, 1.165) is 0 Å². The van der Waals surface area contributed by atoms with Crippen LogP contribution in [0.5, 0.6) is 17.2 Å². The number of methoxy groups -OCH3 is 2. The van der Waals surface area contributed by atoms with Crippen molar-refractivity contribution in [1.82, 2.24) is 4.90 Å². The summed E-state index contributed by atoms with van der Waals surface area (Å²) in [7, 11) is 4.50. The van der Waals surface area contributed by atoms with Gasteiger partial charge >= 0.3 is 6.36 Å². The van der Waals surface area contributed by atoms with Gasteiger partial charge in [0.2, 0.25) is 0 Å². The molecule has 0 aliphatic heterocycles. The van der Waals surface area contributed by atoms with Crippen molar-refractivity contribution in [2.75, 3.05) is 21.3 Å². The molecule has 2 aromatic carbocycles. The van der Waals surface area contributed by atoms with Crippen LogP contribution < -0.4 is 14.2 Å². The maximum absolute atomic E-state index is 12.7. The molecule has 0 saturated carbocycles. The Kier molecular flexibility index (Phi) is 5.97. The first kappa shape index (κ1) is 19.4. The van der Waals surface area contributed by atoms with Gasteiger partial charge in [0.05, 0.1) is 19.8 Å². The third-order valence-electron chi connectivity index (χ3n) is 3.56. The van der Waals surface area contributed by atoms with Crippen molar-refractivity contribution < 1.29 is 32.2 Å². The highest BCUT2D eigenvalue weighted by molar-refractivity contribution is 5.97. The highest BCUT2D eigenvalue weighted by atomic mass is 19.4. The van der Waals surface area contributed by atoms with Crippen LogP contribution in [0.3, 0.4) is 0 Å². The minimum atomic E-state index is -4.74. The lowest BCUT2D eigenvalue weighted by atomic mass is 10.1. The predicted octanol–water partition coefficient (Wildman–Crippen LogP) is 3.87. The van der Waals surface area contributed by atoms with E-state index in [9.17, 15) is 18.0 Å². The number of carbonyl (C=O) groups is 1. The molecule has 0 N–H and O–H groups in total. The number of hydrogen-bond acceptors (Lipinski definition) is 4. The van der Waals surface area contributed by atoms with Crippen molar-refractivity contribution >= 4 is 5.91 Å². The third kappa shape index (κ3) is 4.81. The first-order valence-electron chi connectivity index (χ1n) is 7.56. The Morgan fingerprint density at radius 3 is 2.23 bits per heavy atom. The fourth-order valence-electron chi connectivity index (χ4n) is 2.40. The Hall–Kier alpha value is -2.90. The molecule has 0 fully saturated rings. The number of amides is 1. The van der Waals surface area contributed by atoms with E-state index >= 15 is 0 Å². The maximum Gasteiger partial charge on any atom is 0.573 e. The van der Waals surface area contributed by atoms with Crippen LogP contribution >= 0.6 is 0 Å². The highest BCUT2D eigenvalue weighted by Gasteiger charge is 2.31. The van der Waals surface area contributed by atoms with Crippen LogP contribution in [-0.2, 0) is 6.54 Å². The second-order valence-electron chi connectivity index (χ2n) is 5.39. The van der Waals surface area contributed by atoms with Gasteiger partial charge in [0, 0.05) is 13.6 Å². The summed E-state index contributed by atoms with van der Waals surface area (Å²) in [6.45, 7) is 0.200. The minimum absolute atomic E-state index is 0.200. The molecule has 26 heavy (non-hydrogen) atoms. The van der Waals surface area contributed by atoms with E-state index in [1.807, 2.05) is 0 Å². The molecule has 2 aromatic rings. The van der Waals surface area contributed by atoms with E-state index in [-0.39, 0.29) is 18.2 Å². The minimum Gasteiger partial charge on any atom is -0.493 e. The first-order valence-corrected chi connectivity index (χ1v) is 7.56. The van der Waals surface area contributed by atoms with Gasteiger partial charge < -0.3 is 19.1 Å². The van der Waals surface area contributed by atoms with Gasteiger partial charge in [-0.1, -0.05) is 18.2 Å². The lowest BCUT2D eigenvalue weighted by molar-refractivity contribution is -0.274. The second-order valence-corrected chi connectivity index (χ2v) is 5.39. The fraction of sp³-hybridized carbons (Fsp3) is 0.278. The summed E-state index contributed by atoms with van der Waals surface area (Å²) in [4.78, 5) is 14.1. The fourth-order valence-corrected chi connectivity index (χ4v) is 2.40. The summed E-state index contributed by atoms with van der Waals surface area (Å²) in [5.41, 5.74) is 0.976. The van der Waals surface area contributed by atoms with Crippen LogP contribution in [0, 0.1) is 0 Å². The first-order chi connectivity index (χ1) is 12.2. The molecule has 8 heteroatoms. The Morgan fingerprint density at radius 2 is 1.69 bits per heavy atom. The third-order valence-corrected chi connectivity index (χ3v) is 3.56. The molecule has 2 rings (SSSR count). The molecule has 0 aliphatic rings. The molecule has 140 valence electrons. The van der Waals surface area contributed by atoms with Crippen LogP contribution in [0.4, 0.5) is 13.2 Å². The number of hydrogen-bond donors (Lipinski definition) is 0. The number of para-hydroxylation sites is 1. The number of benzene rings is 2. The van der Waals surface area contributed by atoms with Gasteiger partial charge in [-0.25, -0.2) is 0 Å². The maximum atomic E-state index is 12.7. The van der Waals surface area contributed by atoms with Gasteiger partial charge in [-0.2, -0.15) is 0 Å². The summed E-state index contributed by atoms with van der Waals surface area (Å²) < 4.78 is 50.8. The van der Waals surface area contributed by atoms with E-state index in [2.05, 4.69) is 4.74 Å². The number of carbonyl (C=O) groups excluding carboxylic acids is 1. The smallest absolute Gasteiger partial charge is 0.493 e. The molecular formula is C18H18F3NO4. The zero-order valence-corrected chi connectivity index (χ0v) is 14.5. The average molecular weight is 369 g/mol. The van der Waals surface area contributed by atoms with Gasteiger partial charge in [0.15, 0.2) is 11.5 Å². The number of alkyl halides is 3. The van der Waals surface area contributed by atoms with Gasteiger partial charge in [0.1, 0.15) is 5.75 Å². The largest absolute Gasteiger partial charge is 0.573 e. The molecule has 1 amide bonds. The monoisotopic (exact) mass is 369 g/mol. The van der Waals surface area contributed by atoms with E-state index in [4.69, 9.17) is 9.47 Å². The number of rotatable bonds is 6. The van der Waals surface area contributed by atoms with E-state index in [0.29, 0.717) is 22.6 Å². The number of halogens is 3. The predicted molar refractivity (Wildman–Crippen MR) is 88.5 cm³/mol. The number of nitrogens with zero attached hydrogens (tertiary/aromatic N) is 1. The molecule has 0 bridgehead atoms. The highest BCUT2D eigenvalue weighted by Crippen LogP contribution is 2.31. The molecular weight excluding hydrogens is 351 g/mol. The summed E-state index contributed by atoms with van der Waals surface area (Å²) in [5, 5.41) is 0. The SMILES string of the molecule is COc1cccc(C(=O)N(C)Cc2ccc(OC(F)(F)F)cc2)c1OC. The van der Waals surface area contributed by atoms with Crippen LogP contribution in [0.2, 0.25) is 0 Å². The summed E-state index contributed by atoms with van der Waals surface area (Å²) in [6, 6.07) is 10.3. The lowest BCUT2D eigenvalue weighted by Gasteiger charge is -2.20. The quantitative estimate of drug-likeness (QED) is 0.776. The van der Waals surface area contributed by atoms with Crippen LogP contribution in [0.1, 0.15) is 15.9 Å². The molecule has 0 unspecified atom stereocenters. The molecule has 0 spiro atoms. The lowest BCUT2D eigenvalue weighted by Crippen LogP contribution is -2.26. The Balaban J connectivity index is 2.12. The molecule has 0 saturated heterocycles. The zero-order valence-electron chi connectivity index (χ0n) is 14.5. The summed E-state index contributed by atoms with van der Waals surface area (Å²) in [5.74, 6) is 0.127. The van der Waals surface area contributed by atoms with Gasteiger partial charge in [-0.3, -0.25) is 4.79 Å². The van der Waals surface area contributed by atoms with Crippen molar-refractivity contribution in [3.63, 3.8) is 0 Å². The molecule has 5 nitrogen and oxygen atoms in total. The van der Waals surface area contributed by atoms with Crippen molar-refractivity contribution in [1.29, 1.82) is 0 Å².